The normalized spacial score (nSPS) is 14.4. The van der Waals surface area contributed by atoms with Crippen LogP contribution in [0.25, 0.3) is 0 Å². The zero-order valence-electron chi connectivity index (χ0n) is 58.4. The van der Waals surface area contributed by atoms with Gasteiger partial charge in [0, 0.05) is 25.7 Å². The first kappa shape index (κ1) is 88.1. The smallest absolute Gasteiger partial charge is 0.462 e. The highest BCUT2D eigenvalue weighted by Crippen LogP contribution is 2.45. The summed E-state index contributed by atoms with van der Waals surface area (Å²) in [7, 11) is -9.90. The first-order valence-electron chi connectivity index (χ1n) is 37.0. The van der Waals surface area contributed by atoms with Gasteiger partial charge in [-0.3, -0.25) is 37.3 Å². The summed E-state index contributed by atoms with van der Waals surface area (Å²) in [5, 5.41) is 10.6. The van der Waals surface area contributed by atoms with Gasteiger partial charge in [-0.05, 0) is 37.5 Å². The molecular weight excluding hydrogens is 1190 g/mol. The van der Waals surface area contributed by atoms with E-state index in [9.17, 15) is 43.2 Å². The van der Waals surface area contributed by atoms with Crippen LogP contribution in [0, 0.1) is 11.8 Å². The van der Waals surface area contributed by atoms with E-state index in [-0.39, 0.29) is 25.7 Å². The molecule has 0 spiro atoms. The highest BCUT2D eigenvalue weighted by Gasteiger charge is 2.30. The summed E-state index contributed by atoms with van der Waals surface area (Å²) in [6, 6.07) is 0. The van der Waals surface area contributed by atoms with E-state index < -0.39 is 97.5 Å². The van der Waals surface area contributed by atoms with Gasteiger partial charge in [-0.15, -0.1) is 0 Å². The van der Waals surface area contributed by atoms with Crippen LogP contribution < -0.4 is 0 Å². The fourth-order valence-electron chi connectivity index (χ4n) is 10.7. The van der Waals surface area contributed by atoms with E-state index in [0.29, 0.717) is 25.7 Å². The fourth-order valence-corrected chi connectivity index (χ4v) is 12.3. The third-order valence-corrected chi connectivity index (χ3v) is 18.7. The van der Waals surface area contributed by atoms with Gasteiger partial charge in [-0.2, -0.15) is 0 Å². The van der Waals surface area contributed by atoms with E-state index in [1.54, 1.807) is 0 Å². The average molecular weight is 1330 g/mol. The summed E-state index contributed by atoms with van der Waals surface area (Å²) in [6.45, 7) is 9.55. The highest BCUT2D eigenvalue weighted by atomic mass is 31.2. The van der Waals surface area contributed by atoms with Crippen LogP contribution in [0.2, 0.25) is 0 Å². The molecule has 0 saturated heterocycles. The minimum atomic E-state index is -4.95. The monoisotopic (exact) mass is 1320 g/mol. The molecule has 3 N–H and O–H groups in total. The lowest BCUT2D eigenvalue weighted by atomic mass is 9.99. The second kappa shape index (κ2) is 63.1. The van der Waals surface area contributed by atoms with Gasteiger partial charge in [0.15, 0.2) is 12.2 Å². The molecule has 0 rings (SSSR count). The SMILES string of the molecule is CCCCCCCCCCCCCCCC(=O)OC[C@H](COP(=O)(O)OC[C@@H](O)COP(=O)(O)OC[C@@H](COC(=O)CCCCCCCCCCC(C)C)OC(=O)CCCCCCCCCCCCCC)OC(=O)CCCCCCCCCCCCC(C)CC. The molecule has 0 aliphatic carbocycles. The number of carbonyl (C=O) groups excluding carboxylic acids is 4. The maximum Gasteiger partial charge on any atom is 0.472 e. The molecule has 0 aromatic rings. The summed E-state index contributed by atoms with van der Waals surface area (Å²) in [4.78, 5) is 72.6. The van der Waals surface area contributed by atoms with Gasteiger partial charge in [0.25, 0.3) is 0 Å². The lowest BCUT2D eigenvalue weighted by Gasteiger charge is -2.21. The van der Waals surface area contributed by atoms with Gasteiger partial charge in [0.1, 0.15) is 19.3 Å². The summed E-state index contributed by atoms with van der Waals surface area (Å²) in [5.41, 5.74) is 0. The van der Waals surface area contributed by atoms with E-state index in [1.807, 2.05) is 0 Å². The van der Waals surface area contributed by atoms with Gasteiger partial charge in [0.2, 0.25) is 0 Å². The molecular formula is C71H138O17P2. The molecule has 0 bridgehead atoms. The quantitative estimate of drug-likeness (QED) is 0.0222. The second-order valence-corrected chi connectivity index (χ2v) is 29.3. The Kier molecular flexibility index (Phi) is 61.8. The minimum Gasteiger partial charge on any atom is -0.462 e. The van der Waals surface area contributed by atoms with Crippen molar-refractivity contribution >= 4 is 39.5 Å². The molecule has 90 heavy (non-hydrogen) atoms. The standard InChI is InChI=1S/C71H138O17P2/c1-7-10-12-14-16-18-20-22-24-28-35-41-47-53-68(73)81-59-66(88-71(76)56-50-44-38-30-26-25-27-34-40-46-52-64(6)9-3)61-85-89(77,78)83-57-65(72)58-84-90(79,80)86-62-67(60-82-69(74)54-48-42-36-32-31-33-39-45-51-63(4)5)87-70(75)55-49-43-37-29-23-21-19-17-15-13-11-8-2/h63-67,72H,7-62H2,1-6H3,(H,77,78)(H,79,80)/t64?,65-,66-,67-/m1/s1. The molecule has 0 heterocycles. The molecule has 19 heteroatoms. The third-order valence-electron chi connectivity index (χ3n) is 16.8. The van der Waals surface area contributed by atoms with E-state index in [2.05, 4.69) is 41.5 Å². The van der Waals surface area contributed by atoms with Crippen LogP contribution in [0.1, 0.15) is 363 Å². The van der Waals surface area contributed by atoms with Gasteiger partial charge >= 0.3 is 39.5 Å². The Hall–Kier alpha value is -1.94. The predicted octanol–water partition coefficient (Wildman–Crippen LogP) is 20.4. The summed E-state index contributed by atoms with van der Waals surface area (Å²) >= 11 is 0. The number of rotatable bonds is 70. The van der Waals surface area contributed by atoms with Crippen LogP contribution in [-0.2, 0) is 65.4 Å². The maximum absolute atomic E-state index is 13.0. The first-order chi connectivity index (χ1) is 43.4. The van der Waals surface area contributed by atoms with Crippen molar-refractivity contribution < 1.29 is 80.2 Å². The molecule has 0 saturated carbocycles. The van der Waals surface area contributed by atoms with Crippen LogP contribution in [0.4, 0.5) is 0 Å². The number of hydrogen-bond donors (Lipinski definition) is 3. The number of phosphoric ester groups is 2. The minimum absolute atomic E-state index is 0.107. The Morgan fingerprint density at radius 2 is 0.567 bits per heavy atom. The van der Waals surface area contributed by atoms with E-state index in [4.69, 9.17) is 37.0 Å². The molecule has 0 aliphatic rings. The van der Waals surface area contributed by atoms with E-state index in [1.165, 1.54) is 180 Å². The van der Waals surface area contributed by atoms with Gasteiger partial charge < -0.3 is 33.8 Å². The van der Waals surface area contributed by atoms with Crippen LogP contribution in [0.5, 0.6) is 0 Å². The molecule has 0 aliphatic heterocycles. The number of aliphatic hydroxyl groups is 1. The number of ether oxygens (including phenoxy) is 4. The van der Waals surface area contributed by atoms with Gasteiger partial charge in [-0.25, -0.2) is 9.13 Å². The Morgan fingerprint density at radius 3 is 0.844 bits per heavy atom. The first-order valence-corrected chi connectivity index (χ1v) is 40.0. The highest BCUT2D eigenvalue weighted by molar-refractivity contribution is 7.47. The fraction of sp³-hybridized carbons (Fsp3) is 0.944. The van der Waals surface area contributed by atoms with Crippen molar-refractivity contribution in [3.63, 3.8) is 0 Å². The van der Waals surface area contributed by atoms with Crippen LogP contribution in [0.15, 0.2) is 0 Å². The number of esters is 4. The van der Waals surface area contributed by atoms with Crippen molar-refractivity contribution in [1.82, 2.24) is 0 Å². The lowest BCUT2D eigenvalue weighted by Crippen LogP contribution is -2.30. The molecule has 3 unspecified atom stereocenters. The van der Waals surface area contributed by atoms with Gasteiger partial charge in [-0.1, -0.05) is 311 Å². The zero-order chi connectivity index (χ0) is 66.5. The van der Waals surface area contributed by atoms with Gasteiger partial charge in [0.05, 0.1) is 26.4 Å². The average Bonchev–Trinajstić information content (AvgIpc) is 3.11. The Balaban J connectivity index is 5.26. The molecule has 0 aromatic heterocycles. The third kappa shape index (κ3) is 63.5. The van der Waals surface area contributed by atoms with Crippen molar-refractivity contribution in [2.75, 3.05) is 39.6 Å². The topological polar surface area (TPSA) is 237 Å². The lowest BCUT2D eigenvalue weighted by molar-refractivity contribution is -0.161. The molecule has 0 aromatic carbocycles. The number of carbonyl (C=O) groups is 4. The molecule has 0 amide bonds. The van der Waals surface area contributed by atoms with Crippen molar-refractivity contribution in [3.05, 3.63) is 0 Å². The maximum atomic E-state index is 13.0. The molecule has 6 atom stereocenters. The van der Waals surface area contributed by atoms with Crippen LogP contribution in [0.3, 0.4) is 0 Å². The number of phosphoric acid groups is 2. The van der Waals surface area contributed by atoms with Crippen molar-refractivity contribution in [1.29, 1.82) is 0 Å². The summed E-state index contributed by atoms with van der Waals surface area (Å²) in [6.07, 6.45) is 48.4. The van der Waals surface area contributed by atoms with Crippen molar-refractivity contribution in [3.8, 4) is 0 Å². The molecule has 17 nitrogen and oxygen atoms in total. The predicted molar refractivity (Wildman–Crippen MR) is 363 cm³/mol. The zero-order valence-corrected chi connectivity index (χ0v) is 60.2. The van der Waals surface area contributed by atoms with Crippen LogP contribution >= 0.6 is 15.6 Å². The number of aliphatic hydroxyl groups excluding tert-OH is 1. The van der Waals surface area contributed by atoms with Crippen molar-refractivity contribution in [2.45, 2.75) is 381 Å². The summed E-state index contributed by atoms with van der Waals surface area (Å²) < 4.78 is 68.3. The van der Waals surface area contributed by atoms with Crippen molar-refractivity contribution in [2.24, 2.45) is 11.8 Å². The number of hydrogen-bond acceptors (Lipinski definition) is 15. The second-order valence-electron chi connectivity index (χ2n) is 26.3. The van der Waals surface area contributed by atoms with E-state index >= 15 is 0 Å². The van der Waals surface area contributed by atoms with Crippen LogP contribution in [-0.4, -0.2) is 96.7 Å². The Labute approximate surface area is 549 Å². The molecule has 534 valence electrons. The largest absolute Gasteiger partial charge is 0.472 e. The number of unbranched alkanes of at least 4 members (excludes halogenated alkanes) is 39. The summed E-state index contributed by atoms with van der Waals surface area (Å²) in [5.74, 6) is -0.591. The molecule has 0 fully saturated rings. The van der Waals surface area contributed by atoms with E-state index in [0.717, 1.165) is 102 Å². The Bertz CT molecular complexity index is 1750. The Morgan fingerprint density at radius 1 is 0.322 bits per heavy atom. The molecule has 0 radical (unpaired) electrons.